The SMILES string of the molecule is CN(C)Cc1cc([C@@H](NC(=O)NC2CC(F)(F)C2)c2cc(F)cc(OC(F)(F)C(F)F)c2)ccc1F. The number of amides is 2. The summed E-state index contributed by atoms with van der Waals surface area (Å²) in [4.78, 5) is 14.2. The van der Waals surface area contributed by atoms with Crippen LogP contribution in [0.1, 0.15) is 35.6 Å². The van der Waals surface area contributed by atoms with Crippen LogP contribution in [0.4, 0.5) is 39.9 Å². The van der Waals surface area contributed by atoms with E-state index in [0.717, 1.165) is 18.2 Å². The van der Waals surface area contributed by atoms with Gasteiger partial charge in [-0.05, 0) is 49.5 Å². The number of halogens is 8. The lowest BCUT2D eigenvalue weighted by Gasteiger charge is -2.35. The number of rotatable bonds is 9. The number of hydrogen-bond donors (Lipinski definition) is 2. The fourth-order valence-electron chi connectivity index (χ4n) is 3.73. The summed E-state index contributed by atoms with van der Waals surface area (Å²) in [7, 11) is 3.34. The first-order chi connectivity index (χ1) is 16.6. The van der Waals surface area contributed by atoms with E-state index < -0.39 is 66.8 Å². The Bertz CT molecular complexity index is 1090. The van der Waals surface area contributed by atoms with Gasteiger partial charge in [0, 0.05) is 37.1 Å². The van der Waals surface area contributed by atoms with Crippen molar-refractivity contribution >= 4 is 6.03 Å². The van der Waals surface area contributed by atoms with Crippen molar-refractivity contribution in [3.63, 3.8) is 0 Å². The quantitative estimate of drug-likeness (QED) is 0.429. The first-order valence-corrected chi connectivity index (χ1v) is 10.7. The van der Waals surface area contributed by atoms with E-state index in [1.807, 2.05) is 0 Å². The lowest BCUT2D eigenvalue weighted by atomic mass is 9.88. The van der Waals surface area contributed by atoms with E-state index in [2.05, 4.69) is 15.4 Å². The molecule has 198 valence electrons. The second kappa shape index (κ2) is 10.5. The molecule has 0 spiro atoms. The van der Waals surface area contributed by atoms with Gasteiger partial charge in [-0.2, -0.15) is 17.6 Å². The Morgan fingerprint density at radius 1 is 1.11 bits per heavy atom. The highest BCUT2D eigenvalue weighted by Crippen LogP contribution is 2.37. The van der Waals surface area contributed by atoms with Crippen molar-refractivity contribution in [2.75, 3.05) is 14.1 Å². The summed E-state index contributed by atoms with van der Waals surface area (Å²) in [6.45, 7) is 0.133. The molecule has 0 saturated heterocycles. The molecule has 1 atom stereocenters. The normalized spacial score (nSPS) is 16.6. The molecule has 36 heavy (non-hydrogen) atoms. The number of carbonyl (C=O) groups excluding carboxylic acids is 1. The second-order valence-electron chi connectivity index (χ2n) is 8.79. The molecular formula is C23H23F8N3O2. The molecule has 1 fully saturated rings. The number of benzene rings is 2. The predicted octanol–water partition coefficient (Wildman–Crippen LogP) is 5.45. The van der Waals surface area contributed by atoms with Gasteiger partial charge in [0.25, 0.3) is 5.92 Å². The molecule has 13 heteroatoms. The van der Waals surface area contributed by atoms with Crippen LogP contribution in [0.2, 0.25) is 0 Å². The third-order valence-electron chi connectivity index (χ3n) is 5.33. The maximum atomic E-state index is 14.3. The number of alkyl halides is 6. The second-order valence-corrected chi connectivity index (χ2v) is 8.79. The van der Waals surface area contributed by atoms with Crippen molar-refractivity contribution < 1.29 is 44.7 Å². The molecule has 2 aromatic rings. The summed E-state index contributed by atoms with van der Waals surface area (Å²) in [6, 6.07) is 2.68. The van der Waals surface area contributed by atoms with Gasteiger partial charge in [0.05, 0.1) is 6.04 Å². The number of ether oxygens (including phenoxy) is 1. The van der Waals surface area contributed by atoms with E-state index in [1.165, 1.54) is 12.1 Å². The topological polar surface area (TPSA) is 53.6 Å². The number of carbonyl (C=O) groups is 1. The van der Waals surface area contributed by atoms with Crippen molar-refractivity contribution in [2.45, 2.75) is 49.9 Å². The van der Waals surface area contributed by atoms with Crippen molar-refractivity contribution in [1.29, 1.82) is 0 Å². The Morgan fingerprint density at radius 2 is 1.78 bits per heavy atom. The Morgan fingerprint density at radius 3 is 2.36 bits per heavy atom. The minimum atomic E-state index is -4.92. The highest BCUT2D eigenvalue weighted by Gasteiger charge is 2.46. The molecule has 2 amide bonds. The van der Waals surface area contributed by atoms with Gasteiger partial charge < -0.3 is 20.3 Å². The molecular weight excluding hydrogens is 502 g/mol. The van der Waals surface area contributed by atoms with Gasteiger partial charge in [-0.3, -0.25) is 0 Å². The van der Waals surface area contributed by atoms with E-state index in [1.54, 1.807) is 19.0 Å². The maximum absolute atomic E-state index is 14.3. The maximum Gasteiger partial charge on any atom is 0.461 e. The molecule has 3 rings (SSSR count). The Balaban J connectivity index is 1.96. The van der Waals surface area contributed by atoms with Gasteiger partial charge in [-0.1, -0.05) is 6.07 Å². The number of nitrogens with zero attached hydrogens (tertiary/aromatic N) is 1. The van der Waals surface area contributed by atoms with Crippen LogP contribution in [0.15, 0.2) is 36.4 Å². The van der Waals surface area contributed by atoms with Crippen molar-refractivity contribution in [1.82, 2.24) is 15.5 Å². The minimum absolute atomic E-state index is 0.133. The zero-order chi connectivity index (χ0) is 26.8. The first kappa shape index (κ1) is 27.5. The highest BCUT2D eigenvalue weighted by atomic mass is 19.3. The standard InChI is InChI=1S/C23H23F8N3O2/c1-34(2)11-14-5-12(3-4-18(14)25)19(33-21(35)32-16-9-22(28,29)10-16)13-6-15(24)8-17(7-13)36-23(30,31)20(26)27/h3-8,16,19-20H,9-11H2,1-2H3,(H2,32,33,35)/t19-/m1/s1. The summed E-state index contributed by atoms with van der Waals surface area (Å²) >= 11 is 0. The fraction of sp³-hybridized carbons (Fsp3) is 0.435. The molecule has 0 unspecified atom stereocenters. The van der Waals surface area contributed by atoms with E-state index in [9.17, 15) is 39.9 Å². The third-order valence-corrected chi connectivity index (χ3v) is 5.33. The predicted molar refractivity (Wildman–Crippen MR) is 113 cm³/mol. The molecule has 0 bridgehead atoms. The van der Waals surface area contributed by atoms with Gasteiger partial charge in [0.1, 0.15) is 17.4 Å². The highest BCUT2D eigenvalue weighted by molar-refractivity contribution is 5.75. The summed E-state index contributed by atoms with van der Waals surface area (Å²) in [5.41, 5.74) is 0.159. The summed E-state index contributed by atoms with van der Waals surface area (Å²) < 4.78 is 111. The molecule has 0 aromatic heterocycles. The van der Waals surface area contributed by atoms with E-state index in [4.69, 9.17) is 0 Å². The fourth-order valence-corrected chi connectivity index (χ4v) is 3.73. The van der Waals surface area contributed by atoms with Gasteiger partial charge in [-0.25, -0.2) is 22.4 Å². The van der Waals surface area contributed by atoms with Gasteiger partial charge in [-0.15, -0.1) is 0 Å². The van der Waals surface area contributed by atoms with Crippen LogP contribution in [0.3, 0.4) is 0 Å². The zero-order valence-corrected chi connectivity index (χ0v) is 19.1. The van der Waals surface area contributed by atoms with Crippen LogP contribution >= 0.6 is 0 Å². The third kappa shape index (κ3) is 6.99. The summed E-state index contributed by atoms with van der Waals surface area (Å²) in [5.74, 6) is -5.60. The molecule has 5 nitrogen and oxygen atoms in total. The molecule has 0 aliphatic heterocycles. The molecule has 0 radical (unpaired) electrons. The van der Waals surface area contributed by atoms with Crippen LogP contribution in [-0.4, -0.2) is 49.5 Å². The Hall–Kier alpha value is -3.09. The largest absolute Gasteiger partial charge is 0.461 e. The van der Waals surface area contributed by atoms with Crippen LogP contribution in [0, 0.1) is 11.6 Å². The number of hydrogen-bond acceptors (Lipinski definition) is 3. The summed E-state index contributed by atoms with van der Waals surface area (Å²) in [5, 5.41) is 4.75. The van der Waals surface area contributed by atoms with Gasteiger partial charge in [0.15, 0.2) is 0 Å². The van der Waals surface area contributed by atoms with E-state index >= 15 is 0 Å². The van der Waals surface area contributed by atoms with E-state index in [-0.39, 0.29) is 23.2 Å². The summed E-state index contributed by atoms with van der Waals surface area (Å²) in [6.07, 6.45) is -10.3. The van der Waals surface area contributed by atoms with Gasteiger partial charge in [0.2, 0.25) is 0 Å². The molecule has 1 aliphatic rings. The van der Waals surface area contributed by atoms with Crippen molar-refractivity contribution in [3.05, 3.63) is 64.7 Å². The lowest BCUT2D eigenvalue weighted by molar-refractivity contribution is -0.253. The number of urea groups is 1. The van der Waals surface area contributed by atoms with Crippen molar-refractivity contribution in [2.24, 2.45) is 0 Å². The monoisotopic (exact) mass is 525 g/mol. The first-order valence-electron chi connectivity index (χ1n) is 10.7. The lowest BCUT2D eigenvalue weighted by Crippen LogP contribution is -2.53. The van der Waals surface area contributed by atoms with Crippen molar-refractivity contribution in [3.8, 4) is 5.75 Å². The molecule has 1 aliphatic carbocycles. The minimum Gasteiger partial charge on any atom is -0.428 e. The van der Waals surface area contributed by atoms with E-state index in [0.29, 0.717) is 6.07 Å². The Kier molecular flexibility index (Phi) is 8.01. The molecule has 0 heterocycles. The van der Waals surface area contributed by atoms with Crippen LogP contribution < -0.4 is 15.4 Å². The van der Waals surface area contributed by atoms with Crippen LogP contribution in [0.5, 0.6) is 5.75 Å². The Labute approximate surface area is 201 Å². The molecule has 1 saturated carbocycles. The average Bonchev–Trinajstić information content (AvgIpc) is 2.71. The van der Waals surface area contributed by atoms with Gasteiger partial charge >= 0.3 is 18.6 Å². The number of nitrogens with one attached hydrogen (secondary N) is 2. The van der Waals surface area contributed by atoms with Crippen LogP contribution in [0.25, 0.3) is 0 Å². The zero-order valence-electron chi connectivity index (χ0n) is 19.1. The smallest absolute Gasteiger partial charge is 0.428 e. The molecule has 2 aromatic carbocycles. The average molecular weight is 525 g/mol. The van der Waals surface area contributed by atoms with Crippen LogP contribution in [-0.2, 0) is 6.54 Å². The molecule has 2 N–H and O–H groups in total.